The molecule has 3 rings (SSSR count). The van der Waals surface area contributed by atoms with E-state index in [9.17, 15) is 14.4 Å². The Balaban J connectivity index is 1.61. The van der Waals surface area contributed by atoms with E-state index in [-0.39, 0.29) is 35.5 Å². The van der Waals surface area contributed by atoms with Crippen molar-refractivity contribution in [3.8, 4) is 0 Å². The van der Waals surface area contributed by atoms with E-state index in [2.05, 4.69) is 0 Å². The molecule has 3 aliphatic rings. The molecule has 2 aliphatic heterocycles. The fourth-order valence-electron chi connectivity index (χ4n) is 3.50. The van der Waals surface area contributed by atoms with Crippen LogP contribution in [-0.4, -0.2) is 60.4 Å². The Hall–Kier alpha value is -1.59. The minimum Gasteiger partial charge on any atom is -0.469 e. The van der Waals surface area contributed by atoms with E-state index in [1.165, 1.54) is 7.11 Å². The van der Waals surface area contributed by atoms with Gasteiger partial charge in [0.25, 0.3) is 0 Å². The van der Waals surface area contributed by atoms with Crippen molar-refractivity contribution < 1.29 is 19.1 Å². The second-order valence-electron chi connectivity index (χ2n) is 6.53. The quantitative estimate of drug-likeness (QED) is 0.701. The van der Waals surface area contributed by atoms with E-state index in [1.54, 1.807) is 4.90 Å². The van der Waals surface area contributed by atoms with Crippen LogP contribution in [0.25, 0.3) is 0 Å². The second-order valence-corrected chi connectivity index (χ2v) is 6.53. The number of carbonyl (C=O) groups excluding carboxylic acids is 3. The van der Waals surface area contributed by atoms with Crippen LogP contribution < -0.4 is 0 Å². The van der Waals surface area contributed by atoms with E-state index in [4.69, 9.17) is 4.74 Å². The molecule has 0 radical (unpaired) electrons. The lowest BCUT2D eigenvalue weighted by Gasteiger charge is -2.20. The first-order valence-corrected chi connectivity index (χ1v) is 7.67. The monoisotopic (exact) mass is 294 g/mol. The van der Waals surface area contributed by atoms with Crippen LogP contribution in [-0.2, 0) is 19.1 Å². The Morgan fingerprint density at radius 3 is 2.52 bits per heavy atom. The third-order valence-corrected chi connectivity index (χ3v) is 4.92. The van der Waals surface area contributed by atoms with E-state index in [1.807, 2.05) is 11.8 Å². The van der Waals surface area contributed by atoms with Crippen molar-refractivity contribution in [2.75, 3.05) is 26.7 Å². The molecule has 3 atom stereocenters. The van der Waals surface area contributed by atoms with Gasteiger partial charge < -0.3 is 14.5 Å². The first kappa shape index (κ1) is 14.4. The van der Waals surface area contributed by atoms with Crippen LogP contribution >= 0.6 is 0 Å². The first-order valence-electron chi connectivity index (χ1n) is 7.67. The number of nitrogens with zero attached hydrogens (tertiary/aromatic N) is 2. The van der Waals surface area contributed by atoms with Gasteiger partial charge in [-0.3, -0.25) is 14.4 Å². The summed E-state index contributed by atoms with van der Waals surface area (Å²) < 4.78 is 4.79. The minimum atomic E-state index is -0.250. The van der Waals surface area contributed by atoms with E-state index in [0.29, 0.717) is 32.1 Å². The van der Waals surface area contributed by atoms with Crippen LogP contribution in [0.2, 0.25) is 0 Å². The van der Waals surface area contributed by atoms with Gasteiger partial charge in [0, 0.05) is 32.1 Å². The van der Waals surface area contributed by atoms with Crippen LogP contribution in [0.4, 0.5) is 0 Å². The van der Waals surface area contributed by atoms with Gasteiger partial charge in [-0.2, -0.15) is 0 Å². The fourth-order valence-corrected chi connectivity index (χ4v) is 3.50. The highest BCUT2D eigenvalue weighted by atomic mass is 16.5. The first-order chi connectivity index (χ1) is 10.0. The van der Waals surface area contributed by atoms with Crippen LogP contribution in [0.5, 0.6) is 0 Å². The highest BCUT2D eigenvalue weighted by molar-refractivity contribution is 5.90. The molecule has 116 valence electrons. The van der Waals surface area contributed by atoms with Crippen LogP contribution in [0.15, 0.2) is 0 Å². The Morgan fingerprint density at radius 2 is 1.90 bits per heavy atom. The van der Waals surface area contributed by atoms with Gasteiger partial charge in [-0.25, -0.2) is 0 Å². The maximum Gasteiger partial charge on any atom is 0.310 e. The molecule has 3 unspecified atom stereocenters. The summed E-state index contributed by atoms with van der Waals surface area (Å²) in [6.45, 7) is 3.51. The van der Waals surface area contributed by atoms with E-state index < -0.39 is 0 Å². The average Bonchev–Trinajstić information content (AvgIpc) is 3.13. The number of hydrogen-bond donors (Lipinski definition) is 0. The van der Waals surface area contributed by atoms with Gasteiger partial charge in [0.15, 0.2) is 0 Å². The smallest absolute Gasteiger partial charge is 0.310 e. The van der Waals surface area contributed by atoms with Crippen molar-refractivity contribution in [2.45, 2.75) is 32.2 Å². The molecule has 6 heteroatoms. The second kappa shape index (κ2) is 5.31. The molecule has 0 aromatic carbocycles. The van der Waals surface area contributed by atoms with Crippen LogP contribution in [0.3, 0.4) is 0 Å². The summed E-state index contributed by atoms with van der Waals surface area (Å²) in [6.07, 6.45) is 2.46. The molecule has 2 heterocycles. The highest BCUT2D eigenvalue weighted by Crippen LogP contribution is 2.34. The third kappa shape index (κ3) is 2.63. The Kier molecular flexibility index (Phi) is 3.63. The van der Waals surface area contributed by atoms with Crippen molar-refractivity contribution in [1.82, 2.24) is 9.80 Å². The van der Waals surface area contributed by atoms with E-state index >= 15 is 0 Å². The summed E-state index contributed by atoms with van der Waals surface area (Å²) in [4.78, 5) is 39.8. The van der Waals surface area contributed by atoms with Crippen molar-refractivity contribution in [3.63, 3.8) is 0 Å². The number of carbonyl (C=O) groups is 3. The van der Waals surface area contributed by atoms with Crippen molar-refractivity contribution >= 4 is 17.8 Å². The summed E-state index contributed by atoms with van der Waals surface area (Å²) in [6, 6.07) is 0.371. The van der Waals surface area contributed by atoms with Gasteiger partial charge in [-0.05, 0) is 18.8 Å². The summed E-state index contributed by atoms with van der Waals surface area (Å²) in [5.74, 6) is -0.493. The predicted molar refractivity (Wildman–Crippen MR) is 74.1 cm³/mol. The summed E-state index contributed by atoms with van der Waals surface area (Å²) in [7, 11) is 1.38. The van der Waals surface area contributed by atoms with Gasteiger partial charge in [0.1, 0.15) is 0 Å². The molecule has 2 amide bonds. The normalized spacial score (nSPS) is 32.7. The Morgan fingerprint density at radius 1 is 1.19 bits per heavy atom. The maximum absolute atomic E-state index is 12.6. The average molecular weight is 294 g/mol. The van der Waals surface area contributed by atoms with Gasteiger partial charge in [0.05, 0.1) is 18.9 Å². The van der Waals surface area contributed by atoms with Crippen molar-refractivity contribution in [1.29, 1.82) is 0 Å². The molecule has 21 heavy (non-hydrogen) atoms. The lowest BCUT2D eigenvalue weighted by molar-refractivity contribution is -0.146. The van der Waals surface area contributed by atoms with Gasteiger partial charge in [0.2, 0.25) is 11.8 Å². The number of ether oxygens (including phenoxy) is 1. The van der Waals surface area contributed by atoms with Gasteiger partial charge in [-0.15, -0.1) is 0 Å². The SMILES string of the molecule is COC(=O)C1CN(C(=O)C2CC(=O)N(C3CC3)C2)CC1C. The number of hydrogen-bond acceptors (Lipinski definition) is 4. The molecular weight excluding hydrogens is 272 g/mol. The molecule has 0 spiro atoms. The summed E-state index contributed by atoms with van der Waals surface area (Å²) >= 11 is 0. The molecule has 0 N–H and O–H groups in total. The number of likely N-dealkylation sites (tertiary alicyclic amines) is 2. The molecule has 0 aromatic rings. The number of esters is 1. The van der Waals surface area contributed by atoms with Crippen LogP contribution in [0.1, 0.15) is 26.2 Å². The van der Waals surface area contributed by atoms with Crippen molar-refractivity contribution in [3.05, 3.63) is 0 Å². The number of amides is 2. The largest absolute Gasteiger partial charge is 0.469 e. The number of methoxy groups -OCH3 is 1. The molecule has 6 nitrogen and oxygen atoms in total. The van der Waals surface area contributed by atoms with Crippen LogP contribution in [0, 0.1) is 17.8 Å². The Bertz CT molecular complexity index is 474. The highest BCUT2D eigenvalue weighted by Gasteiger charge is 2.45. The molecule has 1 saturated carbocycles. The lowest BCUT2D eigenvalue weighted by atomic mass is 9.99. The van der Waals surface area contributed by atoms with Crippen molar-refractivity contribution in [2.24, 2.45) is 17.8 Å². The van der Waals surface area contributed by atoms with Gasteiger partial charge >= 0.3 is 5.97 Å². The molecule has 1 aliphatic carbocycles. The zero-order chi connectivity index (χ0) is 15.1. The van der Waals surface area contributed by atoms with E-state index in [0.717, 1.165) is 12.8 Å². The maximum atomic E-state index is 12.6. The van der Waals surface area contributed by atoms with Gasteiger partial charge in [-0.1, -0.05) is 6.92 Å². The zero-order valence-electron chi connectivity index (χ0n) is 12.6. The molecular formula is C15H22N2O4. The topological polar surface area (TPSA) is 66.9 Å². The number of rotatable bonds is 3. The standard InChI is InChI=1S/C15H22N2O4/c1-9-6-16(8-12(9)15(20)21-2)14(19)10-5-13(18)17(7-10)11-3-4-11/h9-12H,3-8H2,1-2H3. The molecule has 0 aromatic heterocycles. The predicted octanol–water partition coefficient (Wildman–Crippen LogP) is 0.265. The fraction of sp³-hybridized carbons (Fsp3) is 0.800. The molecule has 2 saturated heterocycles. The third-order valence-electron chi connectivity index (χ3n) is 4.92. The summed E-state index contributed by atoms with van der Waals surface area (Å²) in [5.41, 5.74) is 0. The minimum absolute atomic E-state index is 0.0183. The zero-order valence-corrected chi connectivity index (χ0v) is 12.6. The summed E-state index contributed by atoms with van der Waals surface area (Å²) in [5, 5.41) is 0. The Labute approximate surface area is 124 Å². The molecule has 3 fully saturated rings. The lowest BCUT2D eigenvalue weighted by Crippen LogP contribution is -2.37. The molecule has 0 bridgehead atoms.